The van der Waals surface area contributed by atoms with Gasteiger partial charge in [0.1, 0.15) is 5.76 Å². The first-order valence-electron chi connectivity index (χ1n) is 9.14. The van der Waals surface area contributed by atoms with Crippen LogP contribution in [0.15, 0.2) is 76.2 Å². The van der Waals surface area contributed by atoms with Crippen LogP contribution >= 0.6 is 11.6 Å². The summed E-state index contributed by atoms with van der Waals surface area (Å²) in [5.41, 5.74) is 0.616. The fourth-order valence-corrected chi connectivity index (χ4v) is 3.61. The zero-order chi connectivity index (χ0) is 22.4. The second kappa shape index (κ2) is 9.78. The maximum absolute atomic E-state index is 12.3. The lowest BCUT2D eigenvalue weighted by molar-refractivity contribution is -0.123. The number of carbonyl (C=O) groups excluding carboxylic acids is 2. The third-order valence-corrected chi connectivity index (χ3v) is 5.85. The Morgan fingerprint density at radius 2 is 1.74 bits per heavy atom. The predicted molar refractivity (Wildman–Crippen MR) is 114 cm³/mol. The van der Waals surface area contributed by atoms with Crippen molar-refractivity contribution in [3.63, 3.8) is 0 Å². The van der Waals surface area contributed by atoms with Crippen molar-refractivity contribution in [2.24, 2.45) is 0 Å². The fourth-order valence-electron chi connectivity index (χ4n) is 2.49. The number of halogens is 1. The van der Waals surface area contributed by atoms with Crippen molar-refractivity contribution in [1.29, 1.82) is 0 Å². The standard InChI is InChI=1S/C21H19ClN2O6S/c1-14(20(25)24-17-8-6-16(22)7-9-17)30-21(26)15-4-10-19(11-5-15)31(27,28)23-13-18-3-2-12-29-18/h2-12,14,23H,13H2,1H3,(H,24,25)/t14-/m1/s1. The number of hydrogen-bond donors (Lipinski definition) is 2. The molecule has 10 heteroatoms. The van der Waals surface area contributed by atoms with Gasteiger partial charge in [0.25, 0.3) is 5.91 Å². The highest BCUT2D eigenvalue weighted by molar-refractivity contribution is 7.89. The van der Waals surface area contributed by atoms with Crippen molar-refractivity contribution in [2.45, 2.75) is 24.5 Å². The Labute approximate surface area is 184 Å². The van der Waals surface area contributed by atoms with Crippen LogP contribution in [0.5, 0.6) is 0 Å². The molecule has 1 heterocycles. The molecule has 1 amide bonds. The molecule has 0 saturated heterocycles. The minimum absolute atomic E-state index is 0.000623. The molecule has 0 spiro atoms. The first-order chi connectivity index (χ1) is 14.7. The lowest BCUT2D eigenvalue weighted by Gasteiger charge is -2.14. The molecule has 2 aromatic carbocycles. The van der Waals surface area contributed by atoms with Crippen LogP contribution in [0.1, 0.15) is 23.0 Å². The Bertz CT molecular complexity index is 1140. The number of hydrogen-bond acceptors (Lipinski definition) is 6. The summed E-state index contributed by atoms with van der Waals surface area (Å²) in [6.07, 6.45) is 0.377. The maximum atomic E-state index is 12.3. The number of rotatable bonds is 8. The number of anilines is 1. The minimum Gasteiger partial charge on any atom is -0.468 e. The molecular formula is C21H19ClN2O6S. The van der Waals surface area contributed by atoms with E-state index in [1.54, 1.807) is 36.4 Å². The van der Waals surface area contributed by atoms with Crippen LogP contribution in [0.4, 0.5) is 5.69 Å². The smallest absolute Gasteiger partial charge is 0.338 e. The molecule has 0 radical (unpaired) electrons. The molecule has 0 fully saturated rings. The summed E-state index contributed by atoms with van der Waals surface area (Å²) in [5.74, 6) is -0.808. The van der Waals surface area contributed by atoms with Crippen LogP contribution in [-0.4, -0.2) is 26.4 Å². The average Bonchev–Trinajstić information content (AvgIpc) is 3.28. The van der Waals surface area contributed by atoms with Gasteiger partial charge in [-0.15, -0.1) is 0 Å². The topological polar surface area (TPSA) is 115 Å². The monoisotopic (exact) mass is 462 g/mol. The molecule has 0 aliphatic rings. The first kappa shape index (κ1) is 22.5. The summed E-state index contributed by atoms with van der Waals surface area (Å²) in [5, 5.41) is 3.14. The van der Waals surface area contributed by atoms with E-state index >= 15 is 0 Å². The molecule has 1 atom stereocenters. The van der Waals surface area contributed by atoms with Crippen LogP contribution in [0.2, 0.25) is 5.02 Å². The highest BCUT2D eigenvalue weighted by Crippen LogP contribution is 2.15. The zero-order valence-corrected chi connectivity index (χ0v) is 17.9. The van der Waals surface area contributed by atoms with Gasteiger partial charge in [0, 0.05) is 10.7 Å². The van der Waals surface area contributed by atoms with Crippen molar-refractivity contribution in [1.82, 2.24) is 4.72 Å². The normalized spacial score (nSPS) is 12.2. The fraction of sp³-hybridized carbons (Fsp3) is 0.143. The van der Waals surface area contributed by atoms with Crippen LogP contribution in [-0.2, 0) is 26.1 Å². The molecule has 0 bridgehead atoms. The third-order valence-electron chi connectivity index (χ3n) is 4.18. The molecule has 162 valence electrons. The van der Waals surface area contributed by atoms with Crippen molar-refractivity contribution in [3.8, 4) is 0 Å². The van der Waals surface area contributed by atoms with Gasteiger partial charge in [-0.1, -0.05) is 11.6 Å². The molecule has 3 rings (SSSR count). The number of amides is 1. The van der Waals surface area contributed by atoms with Crippen LogP contribution in [0.3, 0.4) is 0 Å². The minimum atomic E-state index is -3.79. The van der Waals surface area contributed by atoms with E-state index in [9.17, 15) is 18.0 Å². The van der Waals surface area contributed by atoms with E-state index in [0.29, 0.717) is 16.5 Å². The van der Waals surface area contributed by atoms with Gasteiger partial charge in [-0.05, 0) is 67.6 Å². The van der Waals surface area contributed by atoms with E-state index < -0.39 is 28.0 Å². The molecule has 1 aromatic heterocycles. The molecule has 3 aromatic rings. The van der Waals surface area contributed by atoms with E-state index in [2.05, 4.69) is 10.0 Å². The van der Waals surface area contributed by atoms with E-state index in [-0.39, 0.29) is 17.0 Å². The zero-order valence-electron chi connectivity index (χ0n) is 16.4. The summed E-state index contributed by atoms with van der Waals surface area (Å²) < 4.78 is 37.3. The van der Waals surface area contributed by atoms with Crippen molar-refractivity contribution < 1.29 is 27.2 Å². The van der Waals surface area contributed by atoms with Gasteiger partial charge >= 0.3 is 5.97 Å². The Morgan fingerprint density at radius 1 is 1.06 bits per heavy atom. The van der Waals surface area contributed by atoms with Crippen molar-refractivity contribution in [3.05, 3.63) is 83.3 Å². The van der Waals surface area contributed by atoms with Crippen molar-refractivity contribution >= 4 is 39.2 Å². The number of ether oxygens (including phenoxy) is 1. The van der Waals surface area contributed by atoms with Gasteiger partial charge in [0.2, 0.25) is 10.0 Å². The van der Waals surface area contributed by atoms with Gasteiger partial charge in [0.05, 0.1) is 23.3 Å². The summed E-state index contributed by atoms with van der Waals surface area (Å²) >= 11 is 5.80. The summed E-state index contributed by atoms with van der Waals surface area (Å²) in [4.78, 5) is 24.5. The molecule has 0 saturated carbocycles. The second-order valence-corrected chi connectivity index (χ2v) is 8.68. The quantitative estimate of drug-likeness (QED) is 0.494. The van der Waals surface area contributed by atoms with Gasteiger partial charge in [0.15, 0.2) is 6.10 Å². The number of nitrogens with one attached hydrogen (secondary N) is 2. The lowest BCUT2D eigenvalue weighted by Crippen LogP contribution is -2.30. The van der Waals surface area contributed by atoms with Crippen molar-refractivity contribution in [2.75, 3.05) is 5.32 Å². The SMILES string of the molecule is C[C@@H](OC(=O)c1ccc(S(=O)(=O)NCc2ccco2)cc1)C(=O)Nc1ccc(Cl)cc1. The maximum Gasteiger partial charge on any atom is 0.338 e. The molecule has 0 aliphatic heterocycles. The Balaban J connectivity index is 1.57. The molecule has 0 aliphatic carbocycles. The number of carbonyl (C=O) groups is 2. The molecule has 8 nitrogen and oxygen atoms in total. The highest BCUT2D eigenvalue weighted by Gasteiger charge is 2.20. The number of benzene rings is 2. The summed E-state index contributed by atoms with van der Waals surface area (Å²) in [7, 11) is -3.79. The first-order valence-corrected chi connectivity index (χ1v) is 11.0. The number of sulfonamides is 1. The van der Waals surface area contributed by atoms with Crippen LogP contribution in [0, 0.1) is 0 Å². The van der Waals surface area contributed by atoms with Crippen LogP contribution in [0.25, 0.3) is 0 Å². The average molecular weight is 463 g/mol. The molecule has 0 unspecified atom stereocenters. The number of esters is 1. The molecule has 31 heavy (non-hydrogen) atoms. The Hall–Kier alpha value is -3.14. The Morgan fingerprint density at radius 3 is 2.35 bits per heavy atom. The summed E-state index contributed by atoms with van der Waals surface area (Å²) in [6, 6.07) is 15.0. The largest absolute Gasteiger partial charge is 0.468 e. The summed E-state index contributed by atoms with van der Waals surface area (Å²) in [6.45, 7) is 1.43. The van der Waals surface area contributed by atoms with Crippen LogP contribution < -0.4 is 10.0 Å². The van der Waals surface area contributed by atoms with E-state index in [1.807, 2.05) is 0 Å². The second-order valence-electron chi connectivity index (χ2n) is 6.47. The predicted octanol–water partition coefficient (Wildman–Crippen LogP) is 3.60. The van der Waals surface area contributed by atoms with E-state index in [1.165, 1.54) is 37.5 Å². The Kier molecular flexibility index (Phi) is 7.11. The third kappa shape index (κ3) is 6.17. The van der Waals surface area contributed by atoms with E-state index in [4.69, 9.17) is 20.8 Å². The van der Waals surface area contributed by atoms with Gasteiger partial charge < -0.3 is 14.5 Å². The lowest BCUT2D eigenvalue weighted by atomic mass is 10.2. The van der Waals surface area contributed by atoms with E-state index in [0.717, 1.165) is 0 Å². The van der Waals surface area contributed by atoms with Gasteiger partial charge in [-0.3, -0.25) is 4.79 Å². The van der Waals surface area contributed by atoms with Gasteiger partial charge in [-0.25, -0.2) is 17.9 Å². The molecule has 2 N–H and O–H groups in total. The molecular weight excluding hydrogens is 444 g/mol. The number of furan rings is 1. The van der Waals surface area contributed by atoms with Gasteiger partial charge in [-0.2, -0.15) is 0 Å². The highest BCUT2D eigenvalue weighted by atomic mass is 35.5.